The lowest BCUT2D eigenvalue weighted by atomic mass is 10.0. The van der Waals surface area contributed by atoms with E-state index in [4.69, 9.17) is 0 Å². The summed E-state index contributed by atoms with van der Waals surface area (Å²) in [6.45, 7) is 8.74. The molecule has 0 fully saturated rings. The first kappa shape index (κ1) is 14.0. The lowest BCUT2D eigenvalue weighted by Crippen LogP contribution is -2.14. The van der Waals surface area contributed by atoms with Gasteiger partial charge >= 0.3 is 0 Å². The average molecular weight is 231 g/mol. The molecule has 1 aromatic carbocycles. The van der Waals surface area contributed by atoms with Crippen LogP contribution in [0.15, 0.2) is 30.4 Å². The van der Waals surface area contributed by atoms with Gasteiger partial charge in [-0.1, -0.05) is 48.4 Å². The second-order valence-corrected chi connectivity index (χ2v) is 4.71. The SMILES string of the molecule is CCCNCCC=CCc1cc(C)cc(C)c1. The number of hydrogen-bond acceptors (Lipinski definition) is 1. The Kier molecular flexibility index (Phi) is 6.64. The van der Waals surface area contributed by atoms with Gasteiger partial charge < -0.3 is 5.32 Å². The summed E-state index contributed by atoms with van der Waals surface area (Å²) in [6, 6.07) is 6.77. The Balaban J connectivity index is 2.27. The Morgan fingerprint density at radius 1 is 1.00 bits per heavy atom. The Morgan fingerprint density at radius 2 is 1.71 bits per heavy atom. The van der Waals surface area contributed by atoms with Crippen LogP contribution >= 0.6 is 0 Å². The van der Waals surface area contributed by atoms with Crippen LogP contribution in [-0.4, -0.2) is 13.1 Å². The van der Waals surface area contributed by atoms with Crippen molar-refractivity contribution in [1.29, 1.82) is 0 Å². The maximum Gasteiger partial charge on any atom is -0.00143 e. The van der Waals surface area contributed by atoms with E-state index in [1.54, 1.807) is 0 Å². The van der Waals surface area contributed by atoms with E-state index in [1.165, 1.54) is 23.1 Å². The number of nitrogens with one attached hydrogen (secondary N) is 1. The predicted octanol–water partition coefficient (Wildman–Crippen LogP) is 3.79. The highest BCUT2D eigenvalue weighted by Gasteiger charge is 1.93. The summed E-state index contributed by atoms with van der Waals surface area (Å²) in [5.74, 6) is 0. The third-order valence-corrected chi connectivity index (χ3v) is 2.72. The molecular weight excluding hydrogens is 206 g/mol. The Labute approximate surface area is 106 Å². The van der Waals surface area contributed by atoms with Crippen molar-refractivity contribution in [3.63, 3.8) is 0 Å². The fraction of sp³-hybridized carbons (Fsp3) is 0.500. The van der Waals surface area contributed by atoms with Gasteiger partial charge in [0.1, 0.15) is 0 Å². The van der Waals surface area contributed by atoms with Crippen molar-refractivity contribution in [3.8, 4) is 0 Å². The molecule has 0 aliphatic rings. The first-order valence-electron chi connectivity index (χ1n) is 6.65. The Bertz CT molecular complexity index is 332. The smallest absolute Gasteiger partial charge is 0.00143 e. The summed E-state index contributed by atoms with van der Waals surface area (Å²) >= 11 is 0. The molecule has 0 heterocycles. The predicted molar refractivity (Wildman–Crippen MR) is 76.5 cm³/mol. The van der Waals surface area contributed by atoms with Crippen LogP contribution in [0.3, 0.4) is 0 Å². The van der Waals surface area contributed by atoms with Crippen molar-refractivity contribution >= 4 is 0 Å². The molecule has 0 amide bonds. The molecule has 0 spiro atoms. The molecule has 0 saturated carbocycles. The van der Waals surface area contributed by atoms with E-state index in [0.717, 1.165) is 25.9 Å². The van der Waals surface area contributed by atoms with Crippen molar-refractivity contribution in [1.82, 2.24) is 5.32 Å². The van der Waals surface area contributed by atoms with Gasteiger partial charge in [-0.15, -0.1) is 0 Å². The number of allylic oxidation sites excluding steroid dienone is 1. The zero-order valence-electron chi connectivity index (χ0n) is 11.4. The quantitative estimate of drug-likeness (QED) is 0.556. The summed E-state index contributed by atoms with van der Waals surface area (Å²) in [5, 5.41) is 3.40. The molecule has 1 rings (SSSR count). The number of benzene rings is 1. The van der Waals surface area contributed by atoms with Crippen LogP contribution in [0.25, 0.3) is 0 Å². The van der Waals surface area contributed by atoms with Gasteiger partial charge in [-0.05, 0) is 51.8 Å². The Hall–Kier alpha value is -1.08. The summed E-state index contributed by atoms with van der Waals surface area (Å²) in [4.78, 5) is 0. The van der Waals surface area contributed by atoms with Gasteiger partial charge in [0.2, 0.25) is 0 Å². The maximum absolute atomic E-state index is 3.40. The number of rotatable bonds is 7. The normalized spacial score (nSPS) is 11.2. The van der Waals surface area contributed by atoms with E-state index in [2.05, 4.69) is 56.4 Å². The number of hydrogen-bond donors (Lipinski definition) is 1. The highest BCUT2D eigenvalue weighted by atomic mass is 14.8. The fourth-order valence-corrected chi connectivity index (χ4v) is 2.01. The van der Waals surface area contributed by atoms with E-state index in [9.17, 15) is 0 Å². The van der Waals surface area contributed by atoms with E-state index < -0.39 is 0 Å². The van der Waals surface area contributed by atoms with Gasteiger partial charge in [-0.2, -0.15) is 0 Å². The molecule has 0 unspecified atom stereocenters. The monoisotopic (exact) mass is 231 g/mol. The zero-order chi connectivity index (χ0) is 12.5. The van der Waals surface area contributed by atoms with E-state index >= 15 is 0 Å². The fourth-order valence-electron chi connectivity index (χ4n) is 2.01. The number of aryl methyl sites for hydroxylation is 2. The van der Waals surface area contributed by atoms with Crippen LogP contribution in [0.2, 0.25) is 0 Å². The molecule has 0 atom stereocenters. The third-order valence-electron chi connectivity index (χ3n) is 2.72. The minimum atomic E-state index is 1.05. The minimum Gasteiger partial charge on any atom is -0.316 e. The molecule has 1 aromatic rings. The molecule has 0 radical (unpaired) electrons. The van der Waals surface area contributed by atoms with E-state index in [1.807, 2.05) is 0 Å². The van der Waals surface area contributed by atoms with Crippen LogP contribution in [-0.2, 0) is 6.42 Å². The molecule has 94 valence electrons. The van der Waals surface area contributed by atoms with Crippen LogP contribution in [0.5, 0.6) is 0 Å². The first-order chi connectivity index (χ1) is 8.22. The molecule has 0 aliphatic heterocycles. The van der Waals surface area contributed by atoms with Gasteiger partial charge in [-0.25, -0.2) is 0 Å². The summed E-state index contributed by atoms with van der Waals surface area (Å²) in [7, 11) is 0. The van der Waals surface area contributed by atoms with Crippen molar-refractivity contribution in [3.05, 3.63) is 47.0 Å². The summed E-state index contributed by atoms with van der Waals surface area (Å²) < 4.78 is 0. The molecule has 17 heavy (non-hydrogen) atoms. The van der Waals surface area contributed by atoms with Gasteiger partial charge in [0.05, 0.1) is 0 Å². The van der Waals surface area contributed by atoms with Crippen molar-refractivity contribution in [2.75, 3.05) is 13.1 Å². The maximum atomic E-state index is 3.40. The van der Waals surface area contributed by atoms with Gasteiger partial charge in [-0.3, -0.25) is 0 Å². The zero-order valence-corrected chi connectivity index (χ0v) is 11.4. The molecular formula is C16H25N. The summed E-state index contributed by atoms with van der Waals surface area (Å²) in [5.41, 5.74) is 4.14. The molecule has 0 aromatic heterocycles. The third kappa shape index (κ3) is 6.28. The second kappa shape index (κ2) is 8.08. The van der Waals surface area contributed by atoms with Crippen LogP contribution in [0, 0.1) is 13.8 Å². The van der Waals surface area contributed by atoms with Crippen molar-refractivity contribution < 1.29 is 0 Å². The first-order valence-corrected chi connectivity index (χ1v) is 6.65. The molecule has 0 bridgehead atoms. The molecule has 0 aliphatic carbocycles. The van der Waals surface area contributed by atoms with Crippen LogP contribution in [0.4, 0.5) is 0 Å². The van der Waals surface area contributed by atoms with Crippen molar-refractivity contribution in [2.24, 2.45) is 0 Å². The van der Waals surface area contributed by atoms with Gasteiger partial charge in [0, 0.05) is 0 Å². The molecule has 1 N–H and O–H groups in total. The molecule has 1 nitrogen and oxygen atoms in total. The van der Waals surface area contributed by atoms with Gasteiger partial charge in [0.25, 0.3) is 0 Å². The van der Waals surface area contributed by atoms with Crippen LogP contribution in [0.1, 0.15) is 36.5 Å². The highest BCUT2D eigenvalue weighted by molar-refractivity contribution is 5.29. The standard InChI is InChI=1S/C16H25N/c1-4-9-17-10-7-5-6-8-16-12-14(2)11-15(3)13-16/h5-6,11-13,17H,4,7-10H2,1-3H3. The topological polar surface area (TPSA) is 12.0 Å². The van der Waals surface area contributed by atoms with E-state index in [-0.39, 0.29) is 0 Å². The lowest BCUT2D eigenvalue weighted by molar-refractivity contribution is 0.678. The minimum absolute atomic E-state index is 1.05. The highest BCUT2D eigenvalue weighted by Crippen LogP contribution is 2.09. The summed E-state index contributed by atoms with van der Waals surface area (Å²) in [6.07, 6.45) is 7.95. The largest absolute Gasteiger partial charge is 0.316 e. The van der Waals surface area contributed by atoms with Crippen molar-refractivity contribution in [2.45, 2.75) is 40.0 Å². The lowest BCUT2D eigenvalue weighted by Gasteiger charge is -2.02. The Morgan fingerprint density at radius 3 is 2.35 bits per heavy atom. The second-order valence-electron chi connectivity index (χ2n) is 4.71. The molecule has 0 saturated heterocycles. The van der Waals surface area contributed by atoms with Gasteiger partial charge in [0.15, 0.2) is 0 Å². The average Bonchev–Trinajstić information content (AvgIpc) is 2.26. The van der Waals surface area contributed by atoms with Crippen LogP contribution < -0.4 is 5.32 Å². The van der Waals surface area contributed by atoms with E-state index in [0.29, 0.717) is 0 Å². The molecule has 1 heteroatoms.